The summed E-state index contributed by atoms with van der Waals surface area (Å²) in [7, 11) is 0. The molecule has 2 aromatic rings. The Morgan fingerprint density at radius 2 is 1.71 bits per heavy atom. The largest absolute Gasteiger partial charge is 0.478 e. The summed E-state index contributed by atoms with van der Waals surface area (Å²) in [5.74, 6) is -2.30. The number of imide groups is 1. The van der Waals surface area contributed by atoms with Crippen LogP contribution < -0.4 is 10.2 Å². The zero-order chi connectivity index (χ0) is 17.3. The number of nitrogens with one attached hydrogen (secondary N) is 1. The molecule has 3 rings (SSSR count). The molecule has 1 saturated heterocycles. The maximum Gasteiger partial charge on any atom is 0.335 e. The second-order valence-corrected chi connectivity index (χ2v) is 5.33. The number of anilines is 2. The third-order valence-corrected chi connectivity index (χ3v) is 3.70. The van der Waals surface area contributed by atoms with Crippen molar-refractivity contribution in [2.24, 2.45) is 0 Å². The smallest absolute Gasteiger partial charge is 0.335 e. The van der Waals surface area contributed by atoms with E-state index in [2.05, 4.69) is 5.32 Å². The van der Waals surface area contributed by atoms with Crippen LogP contribution in [-0.2, 0) is 9.59 Å². The molecule has 7 heteroatoms. The Kier molecular flexibility index (Phi) is 3.99. The molecule has 1 atom stereocenters. The number of carboxylic acid groups (broad SMARTS) is 1. The van der Waals surface area contributed by atoms with Gasteiger partial charge in [-0.3, -0.25) is 9.59 Å². The number of amides is 2. The van der Waals surface area contributed by atoms with Gasteiger partial charge >= 0.3 is 5.97 Å². The van der Waals surface area contributed by atoms with Gasteiger partial charge in [-0.2, -0.15) is 0 Å². The van der Waals surface area contributed by atoms with E-state index in [9.17, 15) is 18.8 Å². The summed E-state index contributed by atoms with van der Waals surface area (Å²) in [5, 5.41) is 11.8. The fourth-order valence-corrected chi connectivity index (χ4v) is 2.52. The third kappa shape index (κ3) is 2.96. The van der Waals surface area contributed by atoms with Gasteiger partial charge in [0.05, 0.1) is 17.7 Å². The van der Waals surface area contributed by atoms with Crippen molar-refractivity contribution >= 4 is 29.2 Å². The van der Waals surface area contributed by atoms with Gasteiger partial charge < -0.3 is 10.4 Å². The SMILES string of the molecule is O=C(O)c1ccc(N2C(=O)C[C@H](Nc3ccc(F)cc3)C2=O)cc1. The second kappa shape index (κ2) is 6.11. The maximum atomic E-state index is 12.9. The molecule has 0 saturated carbocycles. The lowest BCUT2D eigenvalue weighted by atomic mass is 10.2. The number of carbonyl (C=O) groups excluding carboxylic acids is 2. The van der Waals surface area contributed by atoms with E-state index >= 15 is 0 Å². The Labute approximate surface area is 136 Å². The van der Waals surface area contributed by atoms with Crippen molar-refractivity contribution in [1.82, 2.24) is 0 Å². The molecular formula is C17H13FN2O4. The van der Waals surface area contributed by atoms with Crippen molar-refractivity contribution in [1.29, 1.82) is 0 Å². The minimum Gasteiger partial charge on any atom is -0.478 e. The lowest BCUT2D eigenvalue weighted by Gasteiger charge is -2.16. The van der Waals surface area contributed by atoms with E-state index in [1.807, 2.05) is 0 Å². The molecule has 0 aliphatic carbocycles. The number of hydrogen-bond acceptors (Lipinski definition) is 4. The standard InChI is InChI=1S/C17H13FN2O4/c18-11-3-5-12(6-4-11)19-14-9-15(21)20(16(14)22)13-7-1-10(2-8-13)17(23)24/h1-8,14,19H,9H2,(H,23,24)/t14-/m0/s1. The Bertz CT molecular complexity index is 802. The van der Waals surface area contributed by atoms with Crippen molar-refractivity contribution in [2.45, 2.75) is 12.5 Å². The highest BCUT2D eigenvalue weighted by molar-refractivity contribution is 6.23. The molecule has 2 amide bonds. The monoisotopic (exact) mass is 328 g/mol. The van der Waals surface area contributed by atoms with Crippen LogP contribution in [0.1, 0.15) is 16.8 Å². The van der Waals surface area contributed by atoms with E-state index < -0.39 is 23.7 Å². The van der Waals surface area contributed by atoms with Crippen LogP contribution >= 0.6 is 0 Å². The molecule has 0 spiro atoms. The minimum absolute atomic E-state index is 0.0309. The van der Waals surface area contributed by atoms with Gasteiger partial charge in [0.2, 0.25) is 5.91 Å². The van der Waals surface area contributed by atoms with Crippen molar-refractivity contribution in [2.75, 3.05) is 10.2 Å². The molecule has 2 aromatic carbocycles. The Balaban J connectivity index is 1.78. The number of aromatic carboxylic acids is 1. The summed E-state index contributed by atoms with van der Waals surface area (Å²) < 4.78 is 12.9. The zero-order valence-electron chi connectivity index (χ0n) is 12.4. The van der Waals surface area contributed by atoms with Crippen molar-refractivity contribution in [3.63, 3.8) is 0 Å². The second-order valence-electron chi connectivity index (χ2n) is 5.33. The highest BCUT2D eigenvalue weighted by Crippen LogP contribution is 2.25. The molecule has 1 aliphatic rings. The molecule has 1 aliphatic heterocycles. The van der Waals surface area contributed by atoms with Gasteiger partial charge in [0.1, 0.15) is 11.9 Å². The first kappa shape index (κ1) is 15.7. The average Bonchev–Trinajstić information content (AvgIpc) is 2.83. The molecule has 0 radical (unpaired) electrons. The van der Waals surface area contributed by atoms with Crippen LogP contribution in [0.4, 0.5) is 15.8 Å². The van der Waals surface area contributed by atoms with Crippen molar-refractivity contribution < 1.29 is 23.9 Å². The highest BCUT2D eigenvalue weighted by atomic mass is 19.1. The summed E-state index contributed by atoms with van der Waals surface area (Å²) in [6, 6.07) is 10.2. The molecular weight excluding hydrogens is 315 g/mol. The number of halogens is 1. The first-order valence-electron chi connectivity index (χ1n) is 7.18. The number of hydrogen-bond donors (Lipinski definition) is 2. The van der Waals surface area contributed by atoms with Crippen molar-refractivity contribution in [3.8, 4) is 0 Å². The van der Waals surface area contributed by atoms with Crippen LogP contribution in [0.5, 0.6) is 0 Å². The van der Waals surface area contributed by atoms with Crippen LogP contribution in [-0.4, -0.2) is 28.9 Å². The summed E-state index contributed by atoms with van der Waals surface area (Å²) in [5.41, 5.74) is 0.919. The van der Waals surface area contributed by atoms with Gasteiger partial charge in [-0.1, -0.05) is 0 Å². The average molecular weight is 328 g/mol. The third-order valence-electron chi connectivity index (χ3n) is 3.70. The minimum atomic E-state index is -1.09. The predicted octanol–water partition coefficient (Wildman–Crippen LogP) is 2.27. The van der Waals surface area contributed by atoms with E-state index in [0.717, 1.165) is 4.90 Å². The summed E-state index contributed by atoms with van der Waals surface area (Å²) in [6.07, 6.45) is -0.0309. The highest BCUT2D eigenvalue weighted by Gasteiger charge is 2.39. The predicted molar refractivity (Wildman–Crippen MR) is 84.3 cm³/mol. The zero-order valence-corrected chi connectivity index (χ0v) is 12.4. The summed E-state index contributed by atoms with van der Waals surface area (Å²) in [6.45, 7) is 0. The molecule has 2 N–H and O–H groups in total. The Morgan fingerprint density at radius 1 is 1.08 bits per heavy atom. The molecule has 1 fully saturated rings. The van der Waals surface area contributed by atoms with E-state index in [4.69, 9.17) is 5.11 Å². The van der Waals surface area contributed by atoms with Crippen LogP contribution in [0.15, 0.2) is 48.5 Å². The first-order valence-corrected chi connectivity index (χ1v) is 7.18. The van der Waals surface area contributed by atoms with Gasteiger partial charge in [0, 0.05) is 5.69 Å². The number of carboxylic acids is 1. The van der Waals surface area contributed by atoms with E-state index in [0.29, 0.717) is 11.4 Å². The summed E-state index contributed by atoms with van der Waals surface area (Å²) >= 11 is 0. The molecule has 0 unspecified atom stereocenters. The molecule has 0 aromatic heterocycles. The molecule has 24 heavy (non-hydrogen) atoms. The van der Waals surface area contributed by atoms with Crippen LogP contribution in [0.25, 0.3) is 0 Å². The number of nitrogens with zero attached hydrogens (tertiary/aromatic N) is 1. The van der Waals surface area contributed by atoms with Gasteiger partial charge in [0.25, 0.3) is 5.91 Å². The number of rotatable bonds is 4. The lowest BCUT2D eigenvalue weighted by molar-refractivity contribution is -0.121. The summed E-state index contributed by atoms with van der Waals surface area (Å²) in [4.78, 5) is 36.5. The molecule has 6 nitrogen and oxygen atoms in total. The first-order chi connectivity index (χ1) is 11.5. The Hall–Kier alpha value is -3.22. The van der Waals surface area contributed by atoms with Gasteiger partial charge in [0.15, 0.2) is 0 Å². The molecule has 122 valence electrons. The normalized spacial score (nSPS) is 17.2. The van der Waals surface area contributed by atoms with Gasteiger partial charge in [-0.05, 0) is 48.5 Å². The Morgan fingerprint density at radius 3 is 2.29 bits per heavy atom. The fraction of sp³-hybridized carbons (Fsp3) is 0.118. The van der Waals surface area contributed by atoms with Crippen LogP contribution in [0.2, 0.25) is 0 Å². The van der Waals surface area contributed by atoms with Gasteiger partial charge in [-0.15, -0.1) is 0 Å². The number of carbonyl (C=O) groups is 3. The van der Waals surface area contributed by atoms with Crippen LogP contribution in [0.3, 0.4) is 0 Å². The fourth-order valence-electron chi connectivity index (χ4n) is 2.52. The molecule has 1 heterocycles. The van der Waals surface area contributed by atoms with E-state index in [1.54, 1.807) is 0 Å². The van der Waals surface area contributed by atoms with E-state index in [1.165, 1.54) is 48.5 Å². The van der Waals surface area contributed by atoms with Crippen molar-refractivity contribution in [3.05, 3.63) is 59.9 Å². The van der Waals surface area contributed by atoms with Gasteiger partial charge in [-0.25, -0.2) is 14.1 Å². The van der Waals surface area contributed by atoms with E-state index in [-0.39, 0.29) is 17.9 Å². The topological polar surface area (TPSA) is 86.7 Å². The quantitative estimate of drug-likeness (QED) is 0.841. The lowest BCUT2D eigenvalue weighted by Crippen LogP contribution is -2.34. The number of benzene rings is 2. The molecule has 0 bridgehead atoms. The maximum absolute atomic E-state index is 12.9. The van der Waals surface area contributed by atoms with Crippen LogP contribution in [0, 0.1) is 5.82 Å².